The van der Waals surface area contributed by atoms with Crippen LogP contribution >= 0.6 is 0 Å². The van der Waals surface area contributed by atoms with Crippen molar-refractivity contribution >= 4 is 18.0 Å². The molecule has 0 unspecified atom stereocenters. The normalized spacial score (nSPS) is 13.2. The molecule has 1 aromatic carbocycles. The maximum atomic E-state index is 9.92. The number of benzene rings is 1. The fraction of sp³-hybridized carbons (Fsp3) is 0. The standard InChI is InChI=1S/C10H10.C4H2O3/c1-2-3-7-10-8-5-4-6-9-10;5-3-1-2-4(6)7-3/h2-9H,1H2;1-2H. The lowest BCUT2D eigenvalue weighted by Crippen LogP contribution is -1.96. The van der Waals surface area contributed by atoms with E-state index in [2.05, 4.69) is 23.4 Å². The Labute approximate surface area is 99.7 Å². The second-order valence-corrected chi connectivity index (χ2v) is 3.08. The molecule has 0 atom stereocenters. The molecule has 3 heteroatoms. The summed E-state index contributed by atoms with van der Waals surface area (Å²) in [6.07, 6.45) is 7.89. The van der Waals surface area contributed by atoms with E-state index in [0.717, 1.165) is 12.2 Å². The number of allylic oxidation sites excluding steroid dienone is 2. The lowest BCUT2D eigenvalue weighted by atomic mass is 10.2. The van der Waals surface area contributed by atoms with Gasteiger partial charge in [-0.25, -0.2) is 9.59 Å². The van der Waals surface area contributed by atoms with Gasteiger partial charge in [0.25, 0.3) is 0 Å². The van der Waals surface area contributed by atoms with Crippen molar-refractivity contribution in [1.29, 1.82) is 0 Å². The van der Waals surface area contributed by atoms with Gasteiger partial charge >= 0.3 is 11.9 Å². The van der Waals surface area contributed by atoms with Crippen molar-refractivity contribution in [2.75, 3.05) is 0 Å². The molecule has 2 rings (SSSR count). The van der Waals surface area contributed by atoms with E-state index < -0.39 is 11.9 Å². The average Bonchev–Trinajstić information content (AvgIpc) is 2.73. The van der Waals surface area contributed by atoms with Gasteiger partial charge < -0.3 is 4.74 Å². The van der Waals surface area contributed by atoms with Crippen LogP contribution in [0, 0.1) is 0 Å². The summed E-state index contributed by atoms with van der Waals surface area (Å²) < 4.78 is 3.97. The Bertz CT molecular complexity index is 440. The van der Waals surface area contributed by atoms with Gasteiger partial charge in [0.1, 0.15) is 0 Å². The van der Waals surface area contributed by atoms with E-state index in [1.807, 2.05) is 30.4 Å². The highest BCUT2D eigenvalue weighted by Gasteiger charge is 2.10. The first kappa shape index (κ1) is 12.6. The topological polar surface area (TPSA) is 43.4 Å². The van der Waals surface area contributed by atoms with Crippen LogP contribution in [0.15, 0.2) is 61.2 Å². The molecular formula is C14H12O3. The summed E-state index contributed by atoms with van der Waals surface area (Å²) in [4.78, 5) is 19.8. The predicted octanol–water partition coefficient (Wildman–Crippen LogP) is 2.51. The number of ether oxygens (including phenoxy) is 1. The molecule has 0 radical (unpaired) electrons. The number of rotatable bonds is 2. The smallest absolute Gasteiger partial charge is 0.338 e. The molecule has 0 aromatic heterocycles. The van der Waals surface area contributed by atoms with Gasteiger partial charge in [0.15, 0.2) is 0 Å². The molecule has 0 saturated carbocycles. The molecule has 17 heavy (non-hydrogen) atoms. The monoisotopic (exact) mass is 228 g/mol. The molecule has 0 bridgehead atoms. The molecule has 1 aliphatic heterocycles. The Balaban J connectivity index is 0.000000181. The van der Waals surface area contributed by atoms with Crippen molar-refractivity contribution in [2.45, 2.75) is 0 Å². The molecule has 0 spiro atoms. The van der Waals surface area contributed by atoms with Crippen molar-refractivity contribution in [3.8, 4) is 0 Å². The summed E-state index contributed by atoms with van der Waals surface area (Å²) in [6.45, 7) is 3.59. The second kappa shape index (κ2) is 6.95. The Kier molecular flexibility index (Phi) is 5.17. The minimum absolute atomic E-state index is 0.579. The minimum Gasteiger partial charge on any atom is -0.387 e. The van der Waals surface area contributed by atoms with Gasteiger partial charge in [0, 0.05) is 12.2 Å². The number of carbonyl (C=O) groups is 2. The van der Waals surface area contributed by atoms with E-state index in [-0.39, 0.29) is 0 Å². The molecule has 0 saturated heterocycles. The highest BCUT2D eigenvalue weighted by molar-refractivity contribution is 6.04. The first-order valence-corrected chi connectivity index (χ1v) is 5.00. The Morgan fingerprint density at radius 2 is 1.59 bits per heavy atom. The number of hydrogen-bond acceptors (Lipinski definition) is 3. The van der Waals surface area contributed by atoms with Gasteiger partial charge in [-0.2, -0.15) is 0 Å². The van der Waals surface area contributed by atoms with E-state index >= 15 is 0 Å². The Morgan fingerprint density at radius 3 is 2.00 bits per heavy atom. The molecule has 1 aliphatic rings. The van der Waals surface area contributed by atoms with Gasteiger partial charge in [-0.3, -0.25) is 0 Å². The largest absolute Gasteiger partial charge is 0.387 e. The lowest BCUT2D eigenvalue weighted by Gasteiger charge is -1.87. The van der Waals surface area contributed by atoms with Gasteiger partial charge in [0.05, 0.1) is 0 Å². The molecule has 1 aromatic rings. The predicted molar refractivity (Wildman–Crippen MR) is 65.9 cm³/mol. The highest BCUT2D eigenvalue weighted by Crippen LogP contribution is 1.99. The van der Waals surface area contributed by atoms with Crippen molar-refractivity contribution in [3.63, 3.8) is 0 Å². The van der Waals surface area contributed by atoms with E-state index in [1.165, 1.54) is 5.56 Å². The van der Waals surface area contributed by atoms with Crippen molar-refractivity contribution in [3.05, 3.63) is 66.8 Å². The number of esters is 2. The molecule has 0 amide bonds. The molecule has 0 aliphatic carbocycles. The zero-order valence-electron chi connectivity index (χ0n) is 9.21. The van der Waals surface area contributed by atoms with Gasteiger partial charge in [-0.05, 0) is 5.56 Å². The van der Waals surface area contributed by atoms with E-state index in [9.17, 15) is 9.59 Å². The summed E-state index contributed by atoms with van der Waals surface area (Å²) in [5.41, 5.74) is 1.21. The first-order valence-electron chi connectivity index (χ1n) is 5.00. The van der Waals surface area contributed by atoms with E-state index in [4.69, 9.17) is 0 Å². The molecule has 3 nitrogen and oxygen atoms in total. The van der Waals surface area contributed by atoms with Crippen molar-refractivity contribution < 1.29 is 14.3 Å². The van der Waals surface area contributed by atoms with Gasteiger partial charge in [-0.15, -0.1) is 0 Å². The van der Waals surface area contributed by atoms with Crippen molar-refractivity contribution in [2.24, 2.45) is 0 Å². The van der Waals surface area contributed by atoms with Crippen molar-refractivity contribution in [1.82, 2.24) is 0 Å². The van der Waals surface area contributed by atoms with Crippen LogP contribution in [0.3, 0.4) is 0 Å². The first-order chi connectivity index (χ1) is 8.22. The van der Waals surface area contributed by atoms with Crippen LogP contribution in [0.2, 0.25) is 0 Å². The molecule has 86 valence electrons. The van der Waals surface area contributed by atoms with Gasteiger partial charge in [-0.1, -0.05) is 55.1 Å². The molecule has 0 fully saturated rings. The number of hydrogen-bond donors (Lipinski definition) is 0. The van der Waals surface area contributed by atoms with E-state index in [1.54, 1.807) is 6.08 Å². The van der Waals surface area contributed by atoms with Crippen LogP contribution in [0.5, 0.6) is 0 Å². The number of carbonyl (C=O) groups excluding carboxylic acids is 2. The van der Waals surface area contributed by atoms with Gasteiger partial charge in [0.2, 0.25) is 0 Å². The summed E-state index contributed by atoms with van der Waals surface area (Å²) in [5.74, 6) is -1.16. The average molecular weight is 228 g/mol. The highest BCUT2D eigenvalue weighted by atomic mass is 16.6. The fourth-order valence-electron chi connectivity index (χ4n) is 1.05. The SMILES string of the molecule is C=CC=Cc1ccccc1.O=C1C=CC(=O)O1. The van der Waals surface area contributed by atoms with Crippen LogP contribution < -0.4 is 0 Å². The maximum Gasteiger partial charge on any atom is 0.338 e. The molecule has 1 heterocycles. The molecule has 0 N–H and O–H groups in total. The number of cyclic esters (lactones) is 2. The third-order valence-electron chi connectivity index (χ3n) is 1.78. The minimum atomic E-state index is -0.579. The quantitative estimate of drug-likeness (QED) is 0.444. The summed E-state index contributed by atoms with van der Waals surface area (Å²) in [7, 11) is 0. The Morgan fingerprint density at radius 1 is 1.00 bits per heavy atom. The second-order valence-electron chi connectivity index (χ2n) is 3.08. The zero-order chi connectivity index (χ0) is 12.5. The Hall–Kier alpha value is -2.42. The van der Waals surface area contributed by atoms with E-state index in [0.29, 0.717) is 0 Å². The van der Waals surface area contributed by atoms with Crippen LogP contribution in [0.25, 0.3) is 6.08 Å². The third kappa shape index (κ3) is 5.28. The van der Waals surface area contributed by atoms with Crippen LogP contribution in [-0.4, -0.2) is 11.9 Å². The maximum absolute atomic E-state index is 9.92. The summed E-state index contributed by atoms with van der Waals surface area (Å²) in [5, 5.41) is 0. The zero-order valence-corrected chi connectivity index (χ0v) is 9.21. The summed E-state index contributed by atoms with van der Waals surface area (Å²) in [6, 6.07) is 10.1. The molecular weight excluding hydrogens is 216 g/mol. The van der Waals surface area contributed by atoms with Crippen LogP contribution in [-0.2, 0) is 14.3 Å². The fourth-order valence-corrected chi connectivity index (χ4v) is 1.05. The third-order valence-corrected chi connectivity index (χ3v) is 1.78. The van der Waals surface area contributed by atoms with Crippen LogP contribution in [0.4, 0.5) is 0 Å². The summed E-state index contributed by atoms with van der Waals surface area (Å²) >= 11 is 0. The van der Waals surface area contributed by atoms with Crippen LogP contribution in [0.1, 0.15) is 5.56 Å². The lowest BCUT2D eigenvalue weighted by molar-refractivity contribution is -0.150.